The van der Waals surface area contributed by atoms with Crippen molar-refractivity contribution in [1.29, 1.82) is 0 Å². The van der Waals surface area contributed by atoms with E-state index in [4.69, 9.17) is 0 Å². The van der Waals surface area contributed by atoms with Crippen molar-refractivity contribution in [1.82, 2.24) is 9.21 Å². The first-order chi connectivity index (χ1) is 13.4. The van der Waals surface area contributed by atoms with Gasteiger partial charge in [0, 0.05) is 44.0 Å². The van der Waals surface area contributed by atoms with Crippen LogP contribution in [0, 0.1) is 5.82 Å². The van der Waals surface area contributed by atoms with E-state index in [1.807, 2.05) is 0 Å². The van der Waals surface area contributed by atoms with E-state index >= 15 is 0 Å². The zero-order valence-electron chi connectivity index (χ0n) is 15.6. The van der Waals surface area contributed by atoms with Crippen molar-refractivity contribution in [3.05, 3.63) is 59.4 Å². The number of halogens is 1. The fraction of sp³-hybridized carbons (Fsp3) is 0.350. The molecule has 8 heteroatoms. The maximum absolute atomic E-state index is 13.8. The van der Waals surface area contributed by atoms with E-state index in [0.29, 0.717) is 49.5 Å². The Labute approximate surface area is 164 Å². The van der Waals surface area contributed by atoms with Gasteiger partial charge in [-0.3, -0.25) is 9.69 Å². The Morgan fingerprint density at radius 2 is 1.82 bits per heavy atom. The van der Waals surface area contributed by atoms with E-state index in [2.05, 4.69) is 10.2 Å². The highest BCUT2D eigenvalue weighted by atomic mass is 32.2. The molecular weight excluding hydrogens is 381 g/mol. The minimum atomic E-state index is -3.64. The van der Waals surface area contributed by atoms with Crippen LogP contribution in [0.1, 0.15) is 24.0 Å². The van der Waals surface area contributed by atoms with Gasteiger partial charge < -0.3 is 5.32 Å². The molecular formula is C20H22FN3O3S. The molecule has 1 N–H and O–H groups in total. The molecule has 0 radical (unpaired) electrons. The maximum atomic E-state index is 13.8. The number of sulfonamides is 1. The third-order valence-corrected chi connectivity index (χ3v) is 7.36. The molecule has 1 fully saturated rings. The first-order valence-corrected chi connectivity index (χ1v) is 10.7. The van der Waals surface area contributed by atoms with E-state index in [1.165, 1.54) is 16.4 Å². The number of amides is 1. The fourth-order valence-electron chi connectivity index (χ4n) is 3.70. The van der Waals surface area contributed by atoms with Crippen molar-refractivity contribution in [2.75, 3.05) is 31.5 Å². The van der Waals surface area contributed by atoms with Crippen LogP contribution >= 0.6 is 0 Å². The highest BCUT2D eigenvalue weighted by Gasteiger charge is 2.32. The summed E-state index contributed by atoms with van der Waals surface area (Å²) in [5.41, 5.74) is 2.00. The van der Waals surface area contributed by atoms with Crippen LogP contribution < -0.4 is 5.32 Å². The van der Waals surface area contributed by atoms with Crippen LogP contribution in [0.5, 0.6) is 0 Å². The lowest BCUT2D eigenvalue weighted by Gasteiger charge is -2.34. The summed E-state index contributed by atoms with van der Waals surface area (Å²) < 4.78 is 41.4. The highest BCUT2D eigenvalue weighted by molar-refractivity contribution is 7.89. The van der Waals surface area contributed by atoms with Crippen LogP contribution in [-0.4, -0.2) is 49.7 Å². The van der Waals surface area contributed by atoms with Gasteiger partial charge >= 0.3 is 0 Å². The van der Waals surface area contributed by atoms with Crippen molar-refractivity contribution >= 4 is 21.6 Å². The molecule has 0 saturated carbocycles. The number of fused-ring (bicyclic) bond motifs is 1. The molecule has 28 heavy (non-hydrogen) atoms. The molecule has 0 aromatic heterocycles. The molecule has 148 valence electrons. The van der Waals surface area contributed by atoms with Gasteiger partial charge in [-0.1, -0.05) is 18.2 Å². The number of anilines is 1. The molecule has 2 aromatic rings. The van der Waals surface area contributed by atoms with Crippen LogP contribution in [0.4, 0.5) is 10.1 Å². The van der Waals surface area contributed by atoms with Gasteiger partial charge in [-0.05, 0) is 36.8 Å². The molecule has 2 aliphatic heterocycles. The molecule has 0 aliphatic carbocycles. The van der Waals surface area contributed by atoms with Crippen LogP contribution in [0.2, 0.25) is 0 Å². The fourth-order valence-corrected chi connectivity index (χ4v) is 5.16. The van der Waals surface area contributed by atoms with E-state index in [1.54, 1.807) is 37.3 Å². The molecule has 2 aliphatic rings. The lowest BCUT2D eigenvalue weighted by molar-refractivity contribution is -0.116. The monoisotopic (exact) mass is 403 g/mol. The van der Waals surface area contributed by atoms with Crippen molar-refractivity contribution < 1.29 is 17.6 Å². The largest absolute Gasteiger partial charge is 0.325 e. The van der Waals surface area contributed by atoms with Crippen LogP contribution in [-0.2, 0) is 21.4 Å². The standard InChI is InChI=1S/C20H22FN3O3S/c1-14-17-12-16(6-7-19(17)22-20(14)25)28(26,27)24-10-8-23(9-11-24)13-15-4-2-3-5-18(15)21/h2-7,12,14H,8-11,13H2,1H3,(H,22,25)/t14-/m0/s1. The lowest BCUT2D eigenvalue weighted by atomic mass is 10.0. The maximum Gasteiger partial charge on any atom is 0.243 e. The van der Waals surface area contributed by atoms with Gasteiger partial charge in [0.15, 0.2) is 0 Å². The quantitative estimate of drug-likeness (QED) is 0.851. The van der Waals surface area contributed by atoms with Crippen LogP contribution in [0.15, 0.2) is 47.4 Å². The summed E-state index contributed by atoms with van der Waals surface area (Å²) in [7, 11) is -3.64. The smallest absolute Gasteiger partial charge is 0.243 e. The second kappa shape index (κ2) is 7.27. The van der Waals surface area contributed by atoms with Crippen LogP contribution in [0.3, 0.4) is 0 Å². The molecule has 4 rings (SSSR count). The van der Waals surface area contributed by atoms with Crippen LogP contribution in [0.25, 0.3) is 0 Å². The zero-order valence-corrected chi connectivity index (χ0v) is 16.4. The molecule has 2 aromatic carbocycles. The van der Waals surface area contributed by atoms with E-state index in [0.717, 1.165) is 0 Å². The lowest BCUT2D eigenvalue weighted by Crippen LogP contribution is -2.48. The van der Waals surface area contributed by atoms with E-state index < -0.39 is 10.0 Å². The van der Waals surface area contributed by atoms with Gasteiger partial charge in [0.05, 0.1) is 10.8 Å². The predicted molar refractivity (Wildman–Crippen MR) is 104 cm³/mol. The Morgan fingerprint density at radius 1 is 1.11 bits per heavy atom. The third-order valence-electron chi connectivity index (χ3n) is 5.46. The minimum Gasteiger partial charge on any atom is -0.325 e. The number of carbonyl (C=O) groups excluding carboxylic acids is 1. The Kier molecular flexibility index (Phi) is 4.95. The number of benzene rings is 2. The van der Waals surface area contributed by atoms with Crippen molar-refractivity contribution in [2.45, 2.75) is 24.3 Å². The number of nitrogens with zero attached hydrogens (tertiary/aromatic N) is 2. The molecule has 1 amide bonds. The van der Waals surface area contributed by atoms with Gasteiger partial charge in [0.25, 0.3) is 0 Å². The topological polar surface area (TPSA) is 69.7 Å². The summed E-state index contributed by atoms with van der Waals surface area (Å²) in [5, 5.41) is 2.75. The Balaban J connectivity index is 1.46. The van der Waals surface area contributed by atoms with Gasteiger partial charge in [0.1, 0.15) is 5.82 Å². The average molecular weight is 403 g/mol. The molecule has 6 nitrogen and oxygen atoms in total. The second-order valence-corrected chi connectivity index (χ2v) is 9.17. The average Bonchev–Trinajstić information content (AvgIpc) is 2.97. The summed E-state index contributed by atoms with van der Waals surface area (Å²) in [4.78, 5) is 14.1. The van der Waals surface area contributed by atoms with E-state index in [9.17, 15) is 17.6 Å². The van der Waals surface area contributed by atoms with Gasteiger partial charge in [-0.15, -0.1) is 0 Å². The molecule has 1 saturated heterocycles. The molecule has 0 unspecified atom stereocenters. The van der Waals surface area contributed by atoms with Gasteiger partial charge in [0.2, 0.25) is 15.9 Å². The number of carbonyl (C=O) groups is 1. The van der Waals surface area contributed by atoms with E-state index in [-0.39, 0.29) is 22.5 Å². The van der Waals surface area contributed by atoms with Crippen molar-refractivity contribution in [3.63, 3.8) is 0 Å². The normalized spacial score (nSPS) is 20.8. The number of nitrogens with one attached hydrogen (secondary N) is 1. The minimum absolute atomic E-state index is 0.119. The number of rotatable bonds is 4. The van der Waals surface area contributed by atoms with Crippen molar-refractivity contribution in [2.24, 2.45) is 0 Å². The summed E-state index contributed by atoms with van der Waals surface area (Å²) in [6.07, 6.45) is 0. The first kappa shape index (κ1) is 19.0. The molecule has 2 heterocycles. The molecule has 0 bridgehead atoms. The molecule has 1 atom stereocenters. The number of hydrogen-bond acceptors (Lipinski definition) is 4. The Morgan fingerprint density at radius 3 is 2.54 bits per heavy atom. The molecule has 0 spiro atoms. The zero-order chi connectivity index (χ0) is 19.9. The predicted octanol–water partition coefficient (Wildman–Crippen LogP) is 2.39. The summed E-state index contributed by atoms with van der Waals surface area (Å²) >= 11 is 0. The van der Waals surface area contributed by atoms with Gasteiger partial charge in [-0.25, -0.2) is 12.8 Å². The van der Waals surface area contributed by atoms with Crippen molar-refractivity contribution in [3.8, 4) is 0 Å². The number of hydrogen-bond donors (Lipinski definition) is 1. The highest BCUT2D eigenvalue weighted by Crippen LogP contribution is 2.34. The summed E-state index contributed by atoms with van der Waals surface area (Å²) in [6.45, 7) is 3.99. The summed E-state index contributed by atoms with van der Waals surface area (Å²) in [6, 6.07) is 11.4. The Bertz CT molecular complexity index is 1020. The first-order valence-electron chi connectivity index (χ1n) is 9.27. The Hall–Kier alpha value is -2.29. The second-order valence-electron chi connectivity index (χ2n) is 7.23. The third kappa shape index (κ3) is 3.43. The van der Waals surface area contributed by atoms with Gasteiger partial charge in [-0.2, -0.15) is 4.31 Å². The number of piperazine rings is 1. The SMILES string of the molecule is C[C@@H]1C(=O)Nc2ccc(S(=O)(=O)N3CCN(Cc4ccccc4F)CC3)cc21. The summed E-state index contributed by atoms with van der Waals surface area (Å²) in [5.74, 6) is -0.720.